The molecule has 0 radical (unpaired) electrons. The van der Waals surface area contributed by atoms with Crippen molar-refractivity contribution in [2.24, 2.45) is 0 Å². The summed E-state index contributed by atoms with van der Waals surface area (Å²) < 4.78 is 0. The van der Waals surface area contributed by atoms with E-state index in [1.54, 1.807) is 0 Å². The van der Waals surface area contributed by atoms with Gasteiger partial charge in [-0.1, -0.05) is 296 Å². The van der Waals surface area contributed by atoms with Crippen LogP contribution in [0, 0.1) is 0 Å². The molecule has 0 aromatic heterocycles. The van der Waals surface area contributed by atoms with Gasteiger partial charge in [-0.05, 0) is 12.8 Å². The van der Waals surface area contributed by atoms with Crippen molar-refractivity contribution in [1.29, 1.82) is 0 Å². The number of unbranched alkanes of at least 4 members (excludes halogenated alkanes) is 43. The summed E-state index contributed by atoms with van der Waals surface area (Å²) >= 11 is 0. The monoisotopic (exact) mass is 806 g/mol. The fraction of sp³-hybridized carbons (Fsp3) is 0.981. The highest BCUT2D eigenvalue weighted by molar-refractivity contribution is 5.76. The Bertz CT molecular complexity index is 744. The maximum Gasteiger partial charge on any atom is 0.220 e. The maximum absolute atomic E-state index is 12.4. The summed E-state index contributed by atoms with van der Waals surface area (Å²) in [5, 5.41) is 23.3. The first-order chi connectivity index (χ1) is 28.2. The number of aliphatic hydroxyl groups is 2. The molecule has 2 unspecified atom stereocenters. The standard InChI is InChI=1S/C53H107NO3/c1-3-5-7-9-11-13-15-17-19-20-21-22-23-24-25-26-27-28-29-30-31-32-33-35-36-38-40-42-44-46-48-52(56)51(50-55)54-53(57)49-47-45-43-41-39-37-34-18-16-14-12-10-8-6-4-2/h51-52,55-56H,3-50H2,1-2H3,(H,54,57). The van der Waals surface area contributed by atoms with Crippen molar-refractivity contribution in [1.82, 2.24) is 5.32 Å². The van der Waals surface area contributed by atoms with Gasteiger partial charge in [-0.15, -0.1) is 0 Å². The van der Waals surface area contributed by atoms with Crippen LogP contribution < -0.4 is 5.32 Å². The minimum atomic E-state index is -0.654. The fourth-order valence-electron chi connectivity index (χ4n) is 8.78. The Morgan fingerprint density at radius 1 is 0.351 bits per heavy atom. The number of amides is 1. The van der Waals surface area contributed by atoms with Gasteiger partial charge in [0.25, 0.3) is 0 Å². The highest BCUT2D eigenvalue weighted by Crippen LogP contribution is 2.18. The largest absolute Gasteiger partial charge is 0.394 e. The molecule has 57 heavy (non-hydrogen) atoms. The first-order valence-electron chi connectivity index (χ1n) is 26.7. The van der Waals surface area contributed by atoms with E-state index in [2.05, 4.69) is 19.2 Å². The zero-order valence-electron chi connectivity index (χ0n) is 39.4. The predicted octanol–water partition coefficient (Wildman–Crippen LogP) is 17.2. The molecule has 0 heterocycles. The van der Waals surface area contributed by atoms with Crippen LogP contribution in [-0.2, 0) is 4.79 Å². The predicted molar refractivity (Wildman–Crippen MR) is 253 cm³/mol. The average molecular weight is 806 g/mol. The van der Waals surface area contributed by atoms with Gasteiger partial charge in [-0.25, -0.2) is 0 Å². The lowest BCUT2D eigenvalue weighted by Crippen LogP contribution is -2.45. The summed E-state index contributed by atoms with van der Waals surface area (Å²) in [6.07, 6.45) is 62.3. The summed E-state index contributed by atoms with van der Waals surface area (Å²) in [5.74, 6) is -0.0245. The van der Waals surface area contributed by atoms with Crippen molar-refractivity contribution >= 4 is 5.91 Å². The van der Waals surface area contributed by atoms with E-state index in [0.29, 0.717) is 12.8 Å². The molecule has 4 heteroatoms. The van der Waals surface area contributed by atoms with E-state index in [-0.39, 0.29) is 12.5 Å². The van der Waals surface area contributed by atoms with Crippen LogP contribution in [0.15, 0.2) is 0 Å². The minimum absolute atomic E-state index is 0.0245. The van der Waals surface area contributed by atoms with Crippen LogP contribution in [0.2, 0.25) is 0 Å². The van der Waals surface area contributed by atoms with Crippen LogP contribution in [0.3, 0.4) is 0 Å². The molecule has 0 bridgehead atoms. The van der Waals surface area contributed by atoms with Gasteiger partial charge in [0.2, 0.25) is 5.91 Å². The third-order valence-electron chi connectivity index (χ3n) is 12.9. The average Bonchev–Trinajstić information content (AvgIpc) is 3.22. The second kappa shape index (κ2) is 49.8. The van der Waals surface area contributed by atoms with Crippen molar-refractivity contribution in [2.45, 2.75) is 328 Å². The van der Waals surface area contributed by atoms with E-state index in [1.807, 2.05) is 0 Å². The van der Waals surface area contributed by atoms with E-state index in [9.17, 15) is 15.0 Å². The summed E-state index contributed by atoms with van der Waals surface area (Å²) in [4.78, 5) is 12.4. The number of nitrogens with one attached hydrogen (secondary N) is 1. The summed E-state index contributed by atoms with van der Waals surface area (Å²) in [7, 11) is 0. The second-order valence-electron chi connectivity index (χ2n) is 18.7. The molecule has 0 saturated heterocycles. The molecule has 2 atom stereocenters. The van der Waals surface area contributed by atoms with E-state index >= 15 is 0 Å². The van der Waals surface area contributed by atoms with E-state index in [1.165, 1.54) is 263 Å². The topological polar surface area (TPSA) is 69.6 Å². The van der Waals surface area contributed by atoms with Gasteiger partial charge in [0, 0.05) is 6.42 Å². The highest BCUT2D eigenvalue weighted by atomic mass is 16.3. The smallest absolute Gasteiger partial charge is 0.220 e. The third kappa shape index (κ3) is 46.3. The Labute approximate surface area is 359 Å². The lowest BCUT2D eigenvalue weighted by molar-refractivity contribution is -0.123. The number of carbonyl (C=O) groups excluding carboxylic acids is 1. The lowest BCUT2D eigenvalue weighted by atomic mass is 10.0. The molecule has 342 valence electrons. The molecule has 3 N–H and O–H groups in total. The molecule has 0 rings (SSSR count). The van der Waals surface area contributed by atoms with E-state index in [0.717, 1.165) is 25.7 Å². The SMILES string of the molecule is CCCCCCCCCCCCCCCCCCCCCCCCCCCCCCCCC(O)C(CO)NC(=O)CCCCCCCCCCCCCCCCC. The minimum Gasteiger partial charge on any atom is -0.394 e. The van der Waals surface area contributed by atoms with Gasteiger partial charge in [0.05, 0.1) is 18.8 Å². The van der Waals surface area contributed by atoms with E-state index < -0.39 is 12.1 Å². The number of carbonyl (C=O) groups is 1. The van der Waals surface area contributed by atoms with Gasteiger partial charge in [0.15, 0.2) is 0 Å². The van der Waals surface area contributed by atoms with Crippen molar-refractivity contribution in [3.63, 3.8) is 0 Å². The highest BCUT2D eigenvalue weighted by Gasteiger charge is 2.20. The quantitative estimate of drug-likeness (QED) is 0.0536. The van der Waals surface area contributed by atoms with Crippen LogP contribution in [0.4, 0.5) is 0 Å². The van der Waals surface area contributed by atoms with Crippen LogP contribution in [0.25, 0.3) is 0 Å². The molecule has 0 spiro atoms. The first-order valence-corrected chi connectivity index (χ1v) is 26.7. The molecule has 1 amide bonds. The normalized spacial score (nSPS) is 12.7. The molecule has 0 aliphatic rings. The van der Waals surface area contributed by atoms with Crippen molar-refractivity contribution in [3.8, 4) is 0 Å². The molecule has 0 aliphatic heterocycles. The van der Waals surface area contributed by atoms with Gasteiger partial charge in [-0.3, -0.25) is 4.79 Å². The summed E-state index contributed by atoms with van der Waals surface area (Å²) in [6.45, 7) is 4.39. The Morgan fingerprint density at radius 3 is 0.789 bits per heavy atom. The lowest BCUT2D eigenvalue weighted by Gasteiger charge is -2.22. The van der Waals surface area contributed by atoms with Gasteiger partial charge < -0.3 is 15.5 Å². The molecule has 4 nitrogen and oxygen atoms in total. The zero-order chi connectivity index (χ0) is 41.4. The molecule has 0 saturated carbocycles. The summed E-state index contributed by atoms with van der Waals surface area (Å²) in [5.41, 5.74) is 0. The van der Waals surface area contributed by atoms with E-state index in [4.69, 9.17) is 0 Å². The molecule has 0 aromatic carbocycles. The Balaban J connectivity index is 3.38. The van der Waals surface area contributed by atoms with Gasteiger partial charge in [0.1, 0.15) is 0 Å². The van der Waals surface area contributed by atoms with Crippen molar-refractivity contribution in [3.05, 3.63) is 0 Å². The molecular weight excluding hydrogens is 699 g/mol. The van der Waals surface area contributed by atoms with Crippen LogP contribution in [0.5, 0.6) is 0 Å². The summed E-state index contributed by atoms with van der Waals surface area (Å²) in [6, 6.07) is -0.530. The number of hydrogen-bond acceptors (Lipinski definition) is 3. The van der Waals surface area contributed by atoms with Crippen LogP contribution >= 0.6 is 0 Å². The van der Waals surface area contributed by atoms with Crippen molar-refractivity contribution in [2.75, 3.05) is 6.61 Å². The van der Waals surface area contributed by atoms with Gasteiger partial charge in [-0.2, -0.15) is 0 Å². The fourth-order valence-corrected chi connectivity index (χ4v) is 8.78. The number of aliphatic hydroxyl groups excluding tert-OH is 2. The Morgan fingerprint density at radius 2 is 0.561 bits per heavy atom. The van der Waals surface area contributed by atoms with Crippen molar-refractivity contribution < 1.29 is 15.0 Å². The van der Waals surface area contributed by atoms with Crippen LogP contribution in [0.1, 0.15) is 316 Å². The zero-order valence-corrected chi connectivity index (χ0v) is 39.4. The number of rotatable bonds is 50. The molecule has 0 fully saturated rings. The number of hydrogen-bond donors (Lipinski definition) is 3. The molecule has 0 aliphatic carbocycles. The molecular formula is C53H107NO3. The maximum atomic E-state index is 12.4. The first kappa shape index (κ1) is 56.4. The second-order valence-corrected chi connectivity index (χ2v) is 18.7. The molecule has 0 aromatic rings. The van der Waals surface area contributed by atoms with Crippen LogP contribution in [-0.4, -0.2) is 34.9 Å². The Kier molecular flexibility index (Phi) is 49.2. The van der Waals surface area contributed by atoms with Gasteiger partial charge >= 0.3 is 0 Å². The Hall–Kier alpha value is -0.610. The third-order valence-corrected chi connectivity index (χ3v) is 12.9.